The fraction of sp³-hybridized carbons (Fsp3) is 0. The van der Waals surface area contributed by atoms with Gasteiger partial charge in [0.05, 0.1) is 11.3 Å². The van der Waals surface area contributed by atoms with E-state index in [2.05, 4.69) is 43.8 Å². The molecule has 5 heteroatoms. The highest BCUT2D eigenvalue weighted by Gasteiger charge is 2.06. The molecule has 0 heterocycles. The van der Waals surface area contributed by atoms with Crippen LogP contribution in [-0.4, -0.2) is 6.41 Å². The second-order valence-corrected chi connectivity index (χ2v) is 4.26. The SMILES string of the molecule is N#Cc1cc(Br)cc(I)c1NC=O. The summed E-state index contributed by atoms with van der Waals surface area (Å²) in [5.74, 6) is 0. The molecule has 0 aliphatic carbocycles. The third-order valence-corrected chi connectivity index (χ3v) is 2.69. The quantitative estimate of drug-likeness (QED) is 0.658. The average Bonchev–Trinajstić information content (AvgIpc) is 2.09. The molecule has 1 rings (SSSR count). The van der Waals surface area contributed by atoms with Crippen molar-refractivity contribution in [3.63, 3.8) is 0 Å². The Morgan fingerprint density at radius 2 is 2.31 bits per heavy atom. The lowest BCUT2D eigenvalue weighted by Crippen LogP contribution is -1.99. The Morgan fingerprint density at radius 1 is 1.62 bits per heavy atom. The van der Waals surface area contributed by atoms with E-state index >= 15 is 0 Å². The van der Waals surface area contributed by atoms with Crippen molar-refractivity contribution >= 4 is 50.6 Å². The van der Waals surface area contributed by atoms with E-state index in [9.17, 15) is 4.79 Å². The molecule has 0 aromatic heterocycles. The lowest BCUT2D eigenvalue weighted by atomic mass is 10.2. The van der Waals surface area contributed by atoms with E-state index in [1.807, 2.05) is 12.1 Å². The minimum absolute atomic E-state index is 0.450. The van der Waals surface area contributed by atoms with E-state index in [0.29, 0.717) is 17.7 Å². The predicted molar refractivity (Wildman–Crippen MR) is 61.3 cm³/mol. The summed E-state index contributed by atoms with van der Waals surface area (Å²) in [6.45, 7) is 0. The van der Waals surface area contributed by atoms with Crippen LogP contribution in [0.1, 0.15) is 5.56 Å². The van der Waals surface area contributed by atoms with Crippen LogP contribution in [0.4, 0.5) is 5.69 Å². The van der Waals surface area contributed by atoms with E-state index in [4.69, 9.17) is 5.26 Å². The minimum Gasteiger partial charge on any atom is -0.327 e. The topological polar surface area (TPSA) is 52.9 Å². The maximum Gasteiger partial charge on any atom is 0.211 e. The van der Waals surface area contributed by atoms with Crippen LogP contribution in [0.5, 0.6) is 0 Å². The van der Waals surface area contributed by atoms with Crippen LogP contribution in [0.3, 0.4) is 0 Å². The van der Waals surface area contributed by atoms with Crippen molar-refractivity contribution in [1.29, 1.82) is 5.26 Å². The van der Waals surface area contributed by atoms with E-state index in [-0.39, 0.29) is 0 Å². The molecule has 0 saturated heterocycles. The highest BCUT2D eigenvalue weighted by atomic mass is 127. The number of hydrogen-bond acceptors (Lipinski definition) is 2. The van der Waals surface area contributed by atoms with Crippen molar-refractivity contribution in [2.24, 2.45) is 0 Å². The molecule has 0 fully saturated rings. The molecule has 66 valence electrons. The molecule has 0 aliphatic heterocycles. The molecule has 0 bridgehead atoms. The molecule has 1 N–H and O–H groups in total. The molecule has 1 aromatic carbocycles. The number of nitriles is 1. The fourth-order valence-electron chi connectivity index (χ4n) is 0.867. The van der Waals surface area contributed by atoms with Gasteiger partial charge in [0, 0.05) is 8.04 Å². The molecule has 0 saturated carbocycles. The van der Waals surface area contributed by atoms with Gasteiger partial charge < -0.3 is 5.32 Å². The standard InChI is InChI=1S/C8H4BrIN2O/c9-6-1-5(3-11)8(12-4-13)7(10)2-6/h1-2,4H,(H,12,13). The largest absolute Gasteiger partial charge is 0.327 e. The lowest BCUT2D eigenvalue weighted by molar-refractivity contribution is -0.105. The van der Waals surface area contributed by atoms with Gasteiger partial charge in [0.15, 0.2) is 0 Å². The molecule has 0 aliphatic rings. The second-order valence-electron chi connectivity index (χ2n) is 2.18. The maximum absolute atomic E-state index is 10.2. The number of amides is 1. The number of nitrogens with one attached hydrogen (secondary N) is 1. The number of halogens is 2. The molecule has 0 unspecified atom stereocenters. The van der Waals surface area contributed by atoms with Crippen LogP contribution in [0, 0.1) is 14.9 Å². The molecule has 0 radical (unpaired) electrons. The van der Waals surface area contributed by atoms with Crippen LogP contribution in [0.2, 0.25) is 0 Å². The zero-order chi connectivity index (χ0) is 9.84. The smallest absolute Gasteiger partial charge is 0.211 e. The van der Waals surface area contributed by atoms with Gasteiger partial charge in [-0.3, -0.25) is 4.79 Å². The number of carbonyl (C=O) groups is 1. The van der Waals surface area contributed by atoms with Gasteiger partial charge in [-0.1, -0.05) is 15.9 Å². The Hall–Kier alpha value is -0.610. The Balaban J connectivity index is 3.31. The van der Waals surface area contributed by atoms with E-state index in [1.54, 1.807) is 6.07 Å². The summed E-state index contributed by atoms with van der Waals surface area (Å²) in [6, 6.07) is 5.49. The van der Waals surface area contributed by atoms with Crippen molar-refractivity contribution in [2.45, 2.75) is 0 Å². The first-order valence-corrected chi connectivity index (χ1v) is 5.15. The van der Waals surface area contributed by atoms with Crippen LogP contribution in [0.15, 0.2) is 16.6 Å². The second kappa shape index (κ2) is 4.58. The number of hydrogen-bond donors (Lipinski definition) is 1. The number of carbonyl (C=O) groups excluding carboxylic acids is 1. The van der Waals surface area contributed by atoms with E-state index in [0.717, 1.165) is 8.04 Å². The first-order valence-electron chi connectivity index (χ1n) is 3.28. The van der Waals surface area contributed by atoms with Crippen LogP contribution < -0.4 is 5.32 Å². The van der Waals surface area contributed by atoms with Crippen LogP contribution >= 0.6 is 38.5 Å². The van der Waals surface area contributed by atoms with Gasteiger partial charge in [-0.2, -0.15) is 5.26 Å². The molecule has 13 heavy (non-hydrogen) atoms. The normalized spacial score (nSPS) is 9.00. The molecule has 0 spiro atoms. The molecule has 3 nitrogen and oxygen atoms in total. The Bertz CT molecular complexity index is 386. The first-order chi connectivity index (χ1) is 6.19. The zero-order valence-corrected chi connectivity index (χ0v) is 10.1. The third kappa shape index (κ3) is 2.42. The third-order valence-electron chi connectivity index (χ3n) is 1.38. The van der Waals surface area contributed by atoms with Gasteiger partial charge in [0.2, 0.25) is 6.41 Å². The lowest BCUT2D eigenvalue weighted by Gasteiger charge is -2.05. The summed E-state index contributed by atoms with van der Waals surface area (Å²) >= 11 is 5.32. The van der Waals surface area contributed by atoms with Crippen molar-refractivity contribution in [3.05, 3.63) is 25.7 Å². The van der Waals surface area contributed by atoms with Crippen LogP contribution in [0.25, 0.3) is 0 Å². The highest BCUT2D eigenvalue weighted by molar-refractivity contribution is 14.1. The summed E-state index contributed by atoms with van der Waals surface area (Å²) in [4.78, 5) is 10.2. The van der Waals surface area contributed by atoms with Gasteiger partial charge in [0.25, 0.3) is 0 Å². The summed E-state index contributed by atoms with van der Waals surface area (Å²) in [5, 5.41) is 11.3. The van der Waals surface area contributed by atoms with E-state index < -0.39 is 0 Å². The Labute approximate surface area is 97.4 Å². The van der Waals surface area contributed by atoms with Crippen molar-refractivity contribution in [3.8, 4) is 6.07 Å². The maximum atomic E-state index is 10.2. The van der Waals surface area contributed by atoms with Gasteiger partial charge >= 0.3 is 0 Å². The fourth-order valence-corrected chi connectivity index (χ4v) is 2.53. The monoisotopic (exact) mass is 350 g/mol. The molecule has 0 atom stereocenters. The van der Waals surface area contributed by atoms with Crippen molar-refractivity contribution in [2.75, 3.05) is 5.32 Å². The van der Waals surface area contributed by atoms with E-state index in [1.165, 1.54) is 0 Å². The summed E-state index contributed by atoms with van der Waals surface area (Å²) in [5.41, 5.74) is 1.01. The summed E-state index contributed by atoms with van der Waals surface area (Å²) < 4.78 is 1.65. The number of rotatable bonds is 2. The summed E-state index contributed by atoms with van der Waals surface area (Å²) in [7, 11) is 0. The molecule has 1 amide bonds. The van der Waals surface area contributed by atoms with Gasteiger partial charge in [-0.05, 0) is 34.7 Å². The Kier molecular flexibility index (Phi) is 3.69. The van der Waals surface area contributed by atoms with Gasteiger partial charge in [0.1, 0.15) is 6.07 Å². The van der Waals surface area contributed by atoms with Gasteiger partial charge in [-0.25, -0.2) is 0 Å². The zero-order valence-electron chi connectivity index (χ0n) is 6.34. The molecular weight excluding hydrogens is 347 g/mol. The molecular formula is C8H4BrIN2O. The molecule has 1 aromatic rings. The van der Waals surface area contributed by atoms with Crippen molar-refractivity contribution in [1.82, 2.24) is 0 Å². The predicted octanol–water partition coefficient (Wildman–Crippen LogP) is 2.49. The summed E-state index contributed by atoms with van der Waals surface area (Å²) in [6.07, 6.45) is 0.562. The number of nitrogens with zero attached hydrogens (tertiary/aromatic N) is 1. The van der Waals surface area contributed by atoms with Crippen LogP contribution in [-0.2, 0) is 4.79 Å². The van der Waals surface area contributed by atoms with Gasteiger partial charge in [-0.15, -0.1) is 0 Å². The number of anilines is 1. The highest BCUT2D eigenvalue weighted by Crippen LogP contribution is 2.26. The Morgan fingerprint density at radius 3 is 2.85 bits per heavy atom. The first kappa shape index (κ1) is 10.5. The van der Waals surface area contributed by atoms with Crippen molar-refractivity contribution < 1.29 is 4.79 Å². The minimum atomic E-state index is 0.450. The average molecular weight is 351 g/mol. The number of benzene rings is 1.